The number of nitrogens with zero attached hydrogens (tertiary/aromatic N) is 2. The van der Waals surface area contributed by atoms with Gasteiger partial charge >= 0.3 is 0 Å². The van der Waals surface area contributed by atoms with Gasteiger partial charge in [0.15, 0.2) is 0 Å². The summed E-state index contributed by atoms with van der Waals surface area (Å²) >= 11 is 0. The Morgan fingerprint density at radius 3 is 1.81 bits per heavy atom. The van der Waals surface area contributed by atoms with E-state index < -0.39 is 0 Å². The molecule has 0 aliphatic heterocycles. The second-order valence-electron chi connectivity index (χ2n) is 13.4. The number of hydrogen-bond donors (Lipinski definition) is 0. The summed E-state index contributed by atoms with van der Waals surface area (Å²) in [5.41, 5.74) is 15.2. The second-order valence-corrected chi connectivity index (χ2v) is 13.4. The number of hydrogen-bond acceptors (Lipinski definition) is 0. The smallest absolute Gasteiger partial charge is 0.0622 e. The van der Waals surface area contributed by atoms with E-state index in [1.165, 1.54) is 88.4 Å². The average Bonchev–Trinajstić information content (AvgIpc) is 3.72. The van der Waals surface area contributed by atoms with Crippen LogP contribution < -0.4 is 0 Å². The molecule has 2 nitrogen and oxygen atoms in total. The maximum absolute atomic E-state index is 2.49. The molecule has 2 heterocycles. The molecule has 1 aliphatic carbocycles. The standard InChI is InChI=1S/C45H32N2/c1-45(2)38-19-11-9-18-36(38)43-39(45)25-24-35-37-27-29(22-26-41(37)47(44(35)43)32-15-7-4-8-16-32)30-21-23-34-33-17-10-12-20-40(33)46(42(34)28-30)31-13-5-3-6-14-31/h3-28H,1-2H3. The minimum atomic E-state index is -0.0597. The van der Waals surface area contributed by atoms with Gasteiger partial charge in [0, 0.05) is 43.9 Å². The SMILES string of the molecule is CC1(C)c2ccccc2-c2c1ccc1c3cc(-c4ccc5c6ccccc6n(-c6ccccc6)c5c4)ccc3n(-c3ccccc3)c21. The Bertz CT molecular complexity index is 2690. The normalized spacial score (nSPS) is 13.5. The van der Waals surface area contributed by atoms with Crippen molar-refractivity contribution in [1.82, 2.24) is 9.13 Å². The minimum Gasteiger partial charge on any atom is -0.309 e. The third-order valence-corrected chi connectivity index (χ3v) is 10.5. The zero-order valence-electron chi connectivity index (χ0n) is 26.4. The van der Waals surface area contributed by atoms with Crippen LogP contribution in [0.4, 0.5) is 0 Å². The first-order chi connectivity index (χ1) is 23.1. The van der Waals surface area contributed by atoms with E-state index in [9.17, 15) is 0 Å². The van der Waals surface area contributed by atoms with Crippen LogP contribution in [-0.2, 0) is 5.41 Å². The first-order valence-corrected chi connectivity index (χ1v) is 16.5. The molecule has 0 saturated carbocycles. The fraction of sp³-hybridized carbons (Fsp3) is 0.0667. The van der Waals surface area contributed by atoms with E-state index in [1.54, 1.807) is 0 Å². The zero-order valence-corrected chi connectivity index (χ0v) is 26.4. The lowest BCUT2D eigenvalue weighted by Crippen LogP contribution is -2.14. The van der Waals surface area contributed by atoms with Crippen LogP contribution in [0.1, 0.15) is 25.0 Å². The van der Waals surface area contributed by atoms with Crippen molar-refractivity contribution in [3.8, 4) is 33.6 Å². The Labute approximate surface area is 273 Å². The molecule has 0 bridgehead atoms. The van der Waals surface area contributed by atoms with Gasteiger partial charge in [0.2, 0.25) is 0 Å². The Kier molecular flexibility index (Phi) is 5.37. The Morgan fingerprint density at radius 2 is 1.00 bits per heavy atom. The van der Waals surface area contributed by atoms with E-state index in [2.05, 4.69) is 181 Å². The maximum atomic E-state index is 2.49. The molecule has 7 aromatic carbocycles. The molecule has 9 aromatic rings. The van der Waals surface area contributed by atoms with Crippen molar-refractivity contribution >= 4 is 43.6 Å². The Hall–Kier alpha value is -5.86. The van der Waals surface area contributed by atoms with E-state index in [0.717, 1.165) is 0 Å². The first kappa shape index (κ1) is 26.4. The molecule has 0 unspecified atom stereocenters. The monoisotopic (exact) mass is 600 g/mol. The van der Waals surface area contributed by atoms with Crippen molar-refractivity contribution in [2.45, 2.75) is 19.3 Å². The largest absolute Gasteiger partial charge is 0.309 e. The number of para-hydroxylation sites is 3. The molecule has 0 spiro atoms. The molecule has 1 aliphatic rings. The van der Waals surface area contributed by atoms with Crippen LogP contribution >= 0.6 is 0 Å². The van der Waals surface area contributed by atoms with E-state index in [-0.39, 0.29) is 5.41 Å². The van der Waals surface area contributed by atoms with Gasteiger partial charge in [0.25, 0.3) is 0 Å². The van der Waals surface area contributed by atoms with E-state index in [4.69, 9.17) is 0 Å². The van der Waals surface area contributed by atoms with Crippen LogP contribution in [0.3, 0.4) is 0 Å². The molecule has 222 valence electrons. The predicted octanol–water partition coefficient (Wildman–Crippen LogP) is 11.9. The molecule has 2 aromatic heterocycles. The molecule has 0 radical (unpaired) electrons. The summed E-state index contributed by atoms with van der Waals surface area (Å²) in [6.07, 6.45) is 0. The van der Waals surface area contributed by atoms with Crippen LogP contribution in [0.5, 0.6) is 0 Å². The minimum absolute atomic E-state index is 0.0597. The van der Waals surface area contributed by atoms with Crippen molar-refractivity contribution in [3.63, 3.8) is 0 Å². The van der Waals surface area contributed by atoms with E-state index in [1.807, 2.05) is 0 Å². The lowest BCUT2D eigenvalue weighted by molar-refractivity contribution is 0.661. The second kappa shape index (κ2) is 9.57. The Morgan fingerprint density at radius 1 is 0.404 bits per heavy atom. The van der Waals surface area contributed by atoms with Crippen molar-refractivity contribution in [2.24, 2.45) is 0 Å². The van der Waals surface area contributed by atoms with Crippen molar-refractivity contribution in [3.05, 3.63) is 169 Å². The molecule has 0 atom stereocenters. The number of rotatable bonds is 3. The van der Waals surface area contributed by atoms with Crippen LogP contribution in [0.15, 0.2) is 158 Å². The van der Waals surface area contributed by atoms with Crippen LogP contribution in [-0.4, -0.2) is 9.13 Å². The van der Waals surface area contributed by atoms with E-state index >= 15 is 0 Å². The predicted molar refractivity (Wildman–Crippen MR) is 198 cm³/mol. The van der Waals surface area contributed by atoms with E-state index in [0.29, 0.717) is 0 Å². The topological polar surface area (TPSA) is 9.86 Å². The van der Waals surface area contributed by atoms with Gasteiger partial charge in [-0.3, -0.25) is 0 Å². The molecular formula is C45H32N2. The molecule has 0 N–H and O–H groups in total. The summed E-state index contributed by atoms with van der Waals surface area (Å²) in [5.74, 6) is 0. The van der Waals surface area contributed by atoms with Crippen molar-refractivity contribution in [1.29, 1.82) is 0 Å². The fourth-order valence-corrected chi connectivity index (χ4v) is 8.32. The molecule has 0 fully saturated rings. The summed E-state index contributed by atoms with van der Waals surface area (Å²) in [7, 11) is 0. The van der Waals surface area contributed by atoms with Gasteiger partial charge in [0.05, 0.1) is 22.1 Å². The highest BCUT2D eigenvalue weighted by atomic mass is 15.0. The highest BCUT2D eigenvalue weighted by Gasteiger charge is 2.37. The average molecular weight is 601 g/mol. The third kappa shape index (κ3) is 3.61. The Balaban J connectivity index is 1.26. The quantitative estimate of drug-likeness (QED) is 0.191. The molecule has 0 amide bonds. The van der Waals surface area contributed by atoms with Crippen LogP contribution in [0, 0.1) is 0 Å². The summed E-state index contributed by atoms with van der Waals surface area (Å²) in [5, 5.41) is 5.11. The molecule has 2 heteroatoms. The van der Waals surface area contributed by atoms with Crippen molar-refractivity contribution in [2.75, 3.05) is 0 Å². The zero-order chi connectivity index (χ0) is 31.3. The highest BCUT2D eigenvalue weighted by Crippen LogP contribution is 2.53. The number of benzene rings is 7. The number of fused-ring (bicyclic) bond motifs is 10. The van der Waals surface area contributed by atoms with Gasteiger partial charge in [-0.25, -0.2) is 0 Å². The van der Waals surface area contributed by atoms with Gasteiger partial charge in [-0.2, -0.15) is 0 Å². The molecular weight excluding hydrogens is 569 g/mol. The number of aromatic nitrogens is 2. The first-order valence-electron chi connectivity index (χ1n) is 16.5. The highest BCUT2D eigenvalue weighted by molar-refractivity contribution is 6.17. The van der Waals surface area contributed by atoms with Crippen molar-refractivity contribution < 1.29 is 0 Å². The molecule has 0 saturated heterocycles. The molecule has 10 rings (SSSR count). The van der Waals surface area contributed by atoms with Gasteiger partial charge in [-0.15, -0.1) is 0 Å². The van der Waals surface area contributed by atoms with Gasteiger partial charge in [-0.05, 0) is 76.3 Å². The lowest BCUT2D eigenvalue weighted by atomic mass is 9.82. The third-order valence-electron chi connectivity index (χ3n) is 10.5. The maximum Gasteiger partial charge on any atom is 0.0622 e. The van der Waals surface area contributed by atoms with Gasteiger partial charge < -0.3 is 9.13 Å². The summed E-state index contributed by atoms with van der Waals surface area (Å²) in [6.45, 7) is 4.73. The van der Waals surface area contributed by atoms with Gasteiger partial charge in [0.1, 0.15) is 0 Å². The van der Waals surface area contributed by atoms with Crippen LogP contribution in [0.25, 0.3) is 77.2 Å². The molecule has 47 heavy (non-hydrogen) atoms. The van der Waals surface area contributed by atoms with Gasteiger partial charge in [-0.1, -0.05) is 123 Å². The summed E-state index contributed by atoms with van der Waals surface area (Å²) in [6, 6.07) is 58.0. The lowest BCUT2D eigenvalue weighted by Gasteiger charge is -2.21. The van der Waals surface area contributed by atoms with Crippen LogP contribution in [0.2, 0.25) is 0 Å². The summed E-state index contributed by atoms with van der Waals surface area (Å²) in [4.78, 5) is 0. The fourth-order valence-electron chi connectivity index (χ4n) is 8.32. The summed E-state index contributed by atoms with van der Waals surface area (Å²) < 4.78 is 4.89.